The molecular formula is C14H13F2N3O. The Labute approximate surface area is 114 Å². The van der Waals surface area contributed by atoms with Crippen molar-refractivity contribution in [3.8, 4) is 0 Å². The predicted octanol–water partition coefficient (Wildman–Crippen LogP) is 3.07. The first-order chi connectivity index (χ1) is 9.58. The largest absolute Gasteiger partial charge is 0.326 e. The van der Waals surface area contributed by atoms with E-state index in [2.05, 4.69) is 10.6 Å². The molecule has 0 spiro atoms. The number of amides is 2. The summed E-state index contributed by atoms with van der Waals surface area (Å²) in [5, 5.41) is 4.83. The van der Waals surface area contributed by atoms with Gasteiger partial charge in [-0.2, -0.15) is 0 Å². The Kier molecular flexibility index (Phi) is 4.27. The molecular weight excluding hydrogens is 264 g/mol. The molecule has 6 heteroatoms. The molecule has 2 aromatic carbocycles. The van der Waals surface area contributed by atoms with Gasteiger partial charge in [-0.1, -0.05) is 6.07 Å². The topological polar surface area (TPSA) is 67.1 Å². The summed E-state index contributed by atoms with van der Waals surface area (Å²) in [6.45, 7) is 0.221. The monoisotopic (exact) mass is 277 g/mol. The Morgan fingerprint density at radius 2 is 1.75 bits per heavy atom. The van der Waals surface area contributed by atoms with E-state index in [4.69, 9.17) is 5.73 Å². The third-order valence-corrected chi connectivity index (χ3v) is 2.62. The highest BCUT2D eigenvalue weighted by atomic mass is 19.1. The lowest BCUT2D eigenvalue weighted by molar-refractivity contribution is 0.262. The standard InChI is InChI=1S/C14H13F2N3O/c15-10-2-4-11(5-3-10)18-14(20)19-13-6-1-9(8-17)7-12(13)16/h1-7H,8,17H2,(H2,18,19,20). The molecule has 0 fully saturated rings. The Morgan fingerprint density at radius 3 is 2.35 bits per heavy atom. The smallest absolute Gasteiger partial charge is 0.323 e. The third kappa shape index (κ3) is 3.52. The molecule has 2 rings (SSSR count). The van der Waals surface area contributed by atoms with E-state index in [-0.39, 0.29) is 12.2 Å². The molecule has 0 bridgehead atoms. The van der Waals surface area contributed by atoms with Crippen molar-refractivity contribution in [2.24, 2.45) is 5.73 Å². The number of hydrogen-bond acceptors (Lipinski definition) is 2. The van der Waals surface area contributed by atoms with Crippen LogP contribution in [0.4, 0.5) is 25.0 Å². The van der Waals surface area contributed by atoms with Gasteiger partial charge in [-0.25, -0.2) is 13.6 Å². The molecule has 2 amide bonds. The quantitative estimate of drug-likeness (QED) is 0.807. The highest BCUT2D eigenvalue weighted by Crippen LogP contribution is 2.16. The zero-order valence-corrected chi connectivity index (χ0v) is 10.5. The lowest BCUT2D eigenvalue weighted by Crippen LogP contribution is -2.20. The van der Waals surface area contributed by atoms with Crippen LogP contribution in [-0.2, 0) is 6.54 Å². The maximum Gasteiger partial charge on any atom is 0.323 e. The average Bonchev–Trinajstić information content (AvgIpc) is 2.43. The minimum atomic E-state index is -0.615. The fraction of sp³-hybridized carbons (Fsp3) is 0.0714. The van der Waals surface area contributed by atoms with Crippen molar-refractivity contribution < 1.29 is 13.6 Å². The number of hydrogen-bond donors (Lipinski definition) is 3. The second-order valence-electron chi connectivity index (χ2n) is 4.10. The fourth-order valence-corrected chi connectivity index (χ4v) is 1.60. The minimum Gasteiger partial charge on any atom is -0.326 e. The fourth-order valence-electron chi connectivity index (χ4n) is 1.60. The van der Waals surface area contributed by atoms with Gasteiger partial charge in [0.25, 0.3) is 0 Å². The van der Waals surface area contributed by atoms with Crippen molar-refractivity contribution in [1.29, 1.82) is 0 Å². The van der Waals surface area contributed by atoms with Gasteiger partial charge in [-0.3, -0.25) is 0 Å². The van der Waals surface area contributed by atoms with Crippen LogP contribution in [0.2, 0.25) is 0 Å². The van der Waals surface area contributed by atoms with Gasteiger partial charge in [0.2, 0.25) is 0 Å². The zero-order valence-electron chi connectivity index (χ0n) is 10.5. The van der Waals surface area contributed by atoms with E-state index in [0.717, 1.165) is 0 Å². The molecule has 4 nitrogen and oxygen atoms in total. The van der Waals surface area contributed by atoms with Gasteiger partial charge in [0.15, 0.2) is 0 Å². The van der Waals surface area contributed by atoms with Gasteiger partial charge >= 0.3 is 6.03 Å². The van der Waals surface area contributed by atoms with Crippen LogP contribution in [0, 0.1) is 11.6 Å². The number of rotatable bonds is 3. The number of urea groups is 1. The second-order valence-corrected chi connectivity index (χ2v) is 4.10. The summed E-state index contributed by atoms with van der Waals surface area (Å²) in [6, 6.07) is 8.94. The van der Waals surface area contributed by atoms with E-state index in [1.165, 1.54) is 36.4 Å². The summed E-state index contributed by atoms with van der Waals surface area (Å²) in [5.41, 5.74) is 6.47. The van der Waals surface area contributed by atoms with E-state index in [9.17, 15) is 13.6 Å². The number of anilines is 2. The first kappa shape index (κ1) is 14.0. The zero-order chi connectivity index (χ0) is 14.5. The van der Waals surface area contributed by atoms with E-state index >= 15 is 0 Å². The van der Waals surface area contributed by atoms with E-state index in [1.807, 2.05) is 0 Å². The number of carbonyl (C=O) groups excluding carboxylic acids is 1. The highest BCUT2D eigenvalue weighted by Gasteiger charge is 2.07. The summed E-state index contributed by atoms with van der Waals surface area (Å²) < 4.78 is 26.3. The summed E-state index contributed by atoms with van der Waals surface area (Å²) in [7, 11) is 0. The van der Waals surface area contributed by atoms with Crippen LogP contribution < -0.4 is 16.4 Å². The predicted molar refractivity (Wildman–Crippen MR) is 73.3 cm³/mol. The lowest BCUT2D eigenvalue weighted by Gasteiger charge is -2.09. The van der Waals surface area contributed by atoms with Gasteiger partial charge in [0.1, 0.15) is 11.6 Å². The van der Waals surface area contributed by atoms with Crippen LogP contribution in [0.5, 0.6) is 0 Å². The highest BCUT2D eigenvalue weighted by molar-refractivity contribution is 5.99. The lowest BCUT2D eigenvalue weighted by atomic mass is 10.2. The number of carbonyl (C=O) groups is 1. The van der Waals surface area contributed by atoms with E-state index in [0.29, 0.717) is 11.3 Å². The normalized spacial score (nSPS) is 10.2. The molecule has 0 aliphatic heterocycles. The molecule has 0 aliphatic rings. The molecule has 0 heterocycles. The first-order valence-electron chi connectivity index (χ1n) is 5.90. The number of nitrogens with two attached hydrogens (primary N) is 1. The molecule has 20 heavy (non-hydrogen) atoms. The van der Waals surface area contributed by atoms with Crippen LogP contribution in [-0.4, -0.2) is 6.03 Å². The maximum absolute atomic E-state index is 13.6. The number of halogens is 2. The second kappa shape index (κ2) is 6.12. The number of nitrogens with one attached hydrogen (secondary N) is 2. The van der Waals surface area contributed by atoms with Crippen LogP contribution in [0.3, 0.4) is 0 Å². The van der Waals surface area contributed by atoms with Crippen molar-refractivity contribution >= 4 is 17.4 Å². The molecule has 2 aromatic rings. The Balaban J connectivity index is 2.02. The molecule has 0 aromatic heterocycles. The van der Waals surface area contributed by atoms with Crippen LogP contribution in [0.1, 0.15) is 5.56 Å². The van der Waals surface area contributed by atoms with Gasteiger partial charge in [-0.15, -0.1) is 0 Å². The van der Waals surface area contributed by atoms with Crippen molar-refractivity contribution in [2.75, 3.05) is 10.6 Å². The molecule has 0 unspecified atom stereocenters. The molecule has 0 atom stereocenters. The summed E-state index contributed by atoms with van der Waals surface area (Å²) in [4.78, 5) is 11.7. The average molecular weight is 277 g/mol. The van der Waals surface area contributed by atoms with Crippen LogP contribution in [0.15, 0.2) is 42.5 Å². The Hall–Kier alpha value is -2.47. The van der Waals surface area contributed by atoms with Crippen molar-refractivity contribution in [2.45, 2.75) is 6.54 Å². The summed E-state index contributed by atoms with van der Waals surface area (Å²) in [6.07, 6.45) is 0. The SMILES string of the molecule is NCc1ccc(NC(=O)Nc2ccc(F)cc2)c(F)c1. The van der Waals surface area contributed by atoms with Crippen molar-refractivity contribution in [3.05, 3.63) is 59.7 Å². The summed E-state index contributed by atoms with van der Waals surface area (Å²) >= 11 is 0. The molecule has 0 saturated heterocycles. The van der Waals surface area contributed by atoms with Crippen molar-refractivity contribution in [1.82, 2.24) is 0 Å². The molecule has 0 saturated carbocycles. The minimum absolute atomic E-state index is 0.0433. The molecule has 4 N–H and O–H groups in total. The van der Waals surface area contributed by atoms with E-state index in [1.54, 1.807) is 6.07 Å². The van der Waals surface area contributed by atoms with Crippen LogP contribution >= 0.6 is 0 Å². The molecule has 0 aliphatic carbocycles. The van der Waals surface area contributed by atoms with Gasteiger partial charge in [-0.05, 0) is 42.0 Å². The van der Waals surface area contributed by atoms with E-state index < -0.39 is 17.7 Å². The number of benzene rings is 2. The summed E-state index contributed by atoms with van der Waals surface area (Å²) in [5.74, 6) is -0.971. The maximum atomic E-state index is 13.6. The third-order valence-electron chi connectivity index (χ3n) is 2.62. The first-order valence-corrected chi connectivity index (χ1v) is 5.90. The van der Waals surface area contributed by atoms with Gasteiger partial charge in [0.05, 0.1) is 5.69 Å². The Bertz CT molecular complexity index is 614. The van der Waals surface area contributed by atoms with Gasteiger partial charge < -0.3 is 16.4 Å². The van der Waals surface area contributed by atoms with Gasteiger partial charge in [0, 0.05) is 12.2 Å². The van der Waals surface area contributed by atoms with Crippen molar-refractivity contribution in [3.63, 3.8) is 0 Å². The molecule has 0 radical (unpaired) electrons. The van der Waals surface area contributed by atoms with Crippen LogP contribution in [0.25, 0.3) is 0 Å². The Morgan fingerprint density at radius 1 is 1.05 bits per heavy atom. The molecule has 104 valence electrons.